The van der Waals surface area contributed by atoms with Gasteiger partial charge in [0.15, 0.2) is 0 Å². The van der Waals surface area contributed by atoms with Crippen LogP contribution >= 0.6 is 0 Å². The van der Waals surface area contributed by atoms with Crippen LogP contribution in [0.4, 0.5) is 0 Å². The highest BCUT2D eigenvalue weighted by molar-refractivity contribution is 5.99. The van der Waals surface area contributed by atoms with Gasteiger partial charge in [-0.2, -0.15) is 0 Å². The summed E-state index contributed by atoms with van der Waals surface area (Å²) in [5.41, 5.74) is 5.29. The molecular formula is C30H38N2O7. The fourth-order valence-electron chi connectivity index (χ4n) is 5.94. The van der Waals surface area contributed by atoms with Crippen molar-refractivity contribution in [1.82, 2.24) is 9.47 Å². The number of hydrogen-bond acceptors (Lipinski definition) is 6. The summed E-state index contributed by atoms with van der Waals surface area (Å²) in [6.07, 6.45) is 10.7. The second kappa shape index (κ2) is 12.2. The molecule has 9 nitrogen and oxygen atoms in total. The van der Waals surface area contributed by atoms with Crippen LogP contribution < -0.4 is 0 Å². The average molecular weight is 539 g/mol. The summed E-state index contributed by atoms with van der Waals surface area (Å²) in [5.74, 6) is -2.79. The molecule has 9 heteroatoms. The first-order valence-corrected chi connectivity index (χ1v) is 13.5. The maximum atomic E-state index is 13.1. The van der Waals surface area contributed by atoms with Crippen molar-refractivity contribution in [3.05, 3.63) is 53.8 Å². The minimum Gasteiger partial charge on any atom is -0.478 e. The second-order valence-corrected chi connectivity index (χ2v) is 10.8. The fraction of sp³-hybridized carbons (Fsp3) is 0.500. The van der Waals surface area contributed by atoms with Gasteiger partial charge in [0.2, 0.25) is 0 Å². The lowest BCUT2D eigenvalue weighted by atomic mass is 9.80. The largest absolute Gasteiger partial charge is 0.478 e. The monoisotopic (exact) mass is 538 g/mol. The molecule has 2 heterocycles. The number of ether oxygens (including phenoxy) is 2. The Kier molecular flexibility index (Phi) is 8.92. The second-order valence-electron chi connectivity index (χ2n) is 10.8. The molecule has 5 rings (SSSR count). The molecule has 0 unspecified atom stereocenters. The van der Waals surface area contributed by atoms with Crippen LogP contribution in [0, 0.1) is 5.92 Å². The van der Waals surface area contributed by atoms with Crippen LogP contribution in [0.5, 0.6) is 0 Å². The third-order valence-corrected chi connectivity index (χ3v) is 7.88. The summed E-state index contributed by atoms with van der Waals surface area (Å²) in [4.78, 5) is 34.5. The molecule has 3 aliphatic rings. The first-order valence-electron chi connectivity index (χ1n) is 13.5. The van der Waals surface area contributed by atoms with Crippen LogP contribution in [0.2, 0.25) is 0 Å². The Hall–Kier alpha value is -3.43. The van der Waals surface area contributed by atoms with Crippen molar-refractivity contribution in [1.29, 1.82) is 0 Å². The van der Waals surface area contributed by atoms with Crippen LogP contribution in [0.25, 0.3) is 16.5 Å². The summed E-state index contributed by atoms with van der Waals surface area (Å²) >= 11 is 0. The number of aliphatic carboxylic acids is 2. The predicted octanol–water partition coefficient (Wildman–Crippen LogP) is 4.30. The van der Waals surface area contributed by atoms with Gasteiger partial charge < -0.3 is 24.3 Å². The highest BCUT2D eigenvalue weighted by atomic mass is 16.5. The Morgan fingerprint density at radius 1 is 1.03 bits per heavy atom. The lowest BCUT2D eigenvalue weighted by molar-refractivity contribution is -0.155. The Labute approximate surface area is 228 Å². The van der Waals surface area contributed by atoms with Crippen molar-refractivity contribution in [3.63, 3.8) is 0 Å². The predicted molar refractivity (Wildman–Crippen MR) is 147 cm³/mol. The van der Waals surface area contributed by atoms with E-state index < -0.39 is 11.9 Å². The zero-order valence-corrected chi connectivity index (χ0v) is 23.0. The van der Waals surface area contributed by atoms with E-state index in [1.54, 1.807) is 7.11 Å². The molecule has 2 atom stereocenters. The van der Waals surface area contributed by atoms with Gasteiger partial charge >= 0.3 is 17.9 Å². The zero-order chi connectivity index (χ0) is 28.3. The molecule has 1 aromatic heterocycles. The topological polar surface area (TPSA) is 118 Å². The number of carboxylic acids is 2. The molecule has 39 heavy (non-hydrogen) atoms. The summed E-state index contributed by atoms with van der Waals surface area (Å²) in [7, 11) is 3.91. The molecule has 1 aromatic carbocycles. The summed E-state index contributed by atoms with van der Waals surface area (Å²) in [6.45, 7) is 5.19. The smallest absolute Gasteiger partial charge is 0.328 e. The van der Waals surface area contributed by atoms with Crippen molar-refractivity contribution in [2.45, 2.75) is 70.2 Å². The third-order valence-electron chi connectivity index (χ3n) is 7.88. The number of methoxy groups -OCH3 is 1. The van der Waals surface area contributed by atoms with Crippen LogP contribution in [-0.4, -0.2) is 76.5 Å². The molecule has 0 radical (unpaired) electrons. The van der Waals surface area contributed by atoms with Gasteiger partial charge in [-0.3, -0.25) is 9.69 Å². The van der Waals surface area contributed by atoms with Crippen molar-refractivity contribution in [2.75, 3.05) is 20.7 Å². The van der Waals surface area contributed by atoms with E-state index in [1.807, 2.05) is 0 Å². The van der Waals surface area contributed by atoms with Crippen molar-refractivity contribution in [3.8, 4) is 0 Å². The number of esters is 1. The van der Waals surface area contributed by atoms with Crippen LogP contribution in [0.1, 0.15) is 56.7 Å². The number of likely N-dealkylation sites (N-methyl/N-ethyl adjacent to an activating group) is 1. The standard InChI is InChI=1S/C26H34N2O3.C4H4O4/c1-16(2)28-15-17-13-24-22(21-6-5-7-23(28)25(17)21)12-18(14-27(24)3)26(29)31-20-10-8-19(30-4)9-11-20;5-3(6)1-2-4(7)8/h5-7,12,15-16,18-20,24H,8-11,13-14H2,1-4H3;1-2H,(H,5,6)(H,7,8)/b;2-1+/t18-,19?,20?,24-;/m1./s1. The molecule has 1 fully saturated rings. The average Bonchev–Trinajstić information content (AvgIpc) is 3.29. The number of carbonyl (C=O) groups is 3. The van der Waals surface area contributed by atoms with Gasteiger partial charge in [-0.25, -0.2) is 9.59 Å². The third kappa shape index (κ3) is 6.42. The Balaban J connectivity index is 0.000000386. The van der Waals surface area contributed by atoms with E-state index in [0.717, 1.165) is 38.6 Å². The first-order chi connectivity index (χ1) is 18.6. The van der Waals surface area contributed by atoms with Crippen LogP contribution in [-0.2, 0) is 30.3 Å². The highest BCUT2D eigenvalue weighted by Gasteiger charge is 2.37. The Bertz CT molecular complexity index is 1270. The highest BCUT2D eigenvalue weighted by Crippen LogP contribution is 2.42. The van der Waals surface area contributed by atoms with Gasteiger partial charge in [0.25, 0.3) is 0 Å². The molecule has 210 valence electrons. The number of rotatable bonds is 6. The Morgan fingerprint density at radius 2 is 1.67 bits per heavy atom. The van der Waals surface area contributed by atoms with Crippen LogP contribution in [0.15, 0.2) is 42.6 Å². The maximum absolute atomic E-state index is 13.1. The van der Waals surface area contributed by atoms with E-state index in [1.165, 1.54) is 27.6 Å². The van der Waals surface area contributed by atoms with Crippen molar-refractivity contribution >= 4 is 34.4 Å². The minimum absolute atomic E-state index is 0.0294. The lowest BCUT2D eigenvalue weighted by Crippen LogP contribution is -2.45. The first kappa shape index (κ1) is 28.6. The normalized spacial score (nSPS) is 24.6. The quantitative estimate of drug-likeness (QED) is 0.413. The van der Waals surface area contributed by atoms with Gasteiger partial charge in [-0.15, -0.1) is 0 Å². The molecule has 1 saturated carbocycles. The van der Waals surface area contributed by atoms with E-state index in [2.05, 4.69) is 60.8 Å². The number of nitrogens with zero attached hydrogens (tertiary/aromatic N) is 2. The number of carboxylic acid groups (broad SMARTS) is 2. The van der Waals surface area contributed by atoms with E-state index in [4.69, 9.17) is 19.7 Å². The molecule has 1 aliphatic heterocycles. The van der Waals surface area contributed by atoms with Crippen molar-refractivity contribution in [2.24, 2.45) is 5.92 Å². The molecule has 2 aromatic rings. The van der Waals surface area contributed by atoms with Gasteiger partial charge in [0.05, 0.1) is 12.0 Å². The van der Waals surface area contributed by atoms with Gasteiger partial charge in [0.1, 0.15) is 6.10 Å². The molecule has 0 saturated heterocycles. The molecular weight excluding hydrogens is 500 g/mol. The van der Waals surface area contributed by atoms with E-state index in [9.17, 15) is 14.4 Å². The molecule has 2 N–H and O–H groups in total. The lowest BCUT2D eigenvalue weighted by Gasteiger charge is -2.39. The molecule has 0 amide bonds. The van der Waals surface area contributed by atoms with Crippen LogP contribution in [0.3, 0.4) is 0 Å². The molecule has 0 spiro atoms. The Morgan fingerprint density at radius 3 is 2.26 bits per heavy atom. The maximum Gasteiger partial charge on any atom is 0.328 e. The number of benzene rings is 1. The van der Waals surface area contributed by atoms with E-state index in [-0.39, 0.29) is 18.0 Å². The summed E-state index contributed by atoms with van der Waals surface area (Å²) in [5, 5.41) is 17.0. The van der Waals surface area contributed by atoms with Gasteiger partial charge in [0, 0.05) is 55.0 Å². The summed E-state index contributed by atoms with van der Waals surface area (Å²) in [6, 6.07) is 7.34. The zero-order valence-electron chi connectivity index (χ0n) is 23.0. The number of carbonyl (C=O) groups excluding carboxylic acids is 1. The number of aromatic nitrogens is 1. The summed E-state index contributed by atoms with van der Waals surface area (Å²) < 4.78 is 13.8. The van der Waals surface area contributed by atoms with Crippen molar-refractivity contribution < 1.29 is 34.1 Å². The molecule has 2 aliphatic carbocycles. The van der Waals surface area contributed by atoms with Gasteiger partial charge in [-0.1, -0.05) is 18.2 Å². The number of fused-ring (bicyclic) bond motifs is 2. The van der Waals surface area contributed by atoms with Gasteiger partial charge in [-0.05, 0) is 75.8 Å². The number of hydrogen-bond donors (Lipinski definition) is 2. The van der Waals surface area contributed by atoms with E-state index >= 15 is 0 Å². The SMILES string of the molecule is COC1CCC(OC(=O)[C@@H]2C=C3c4cccc5c4c(cn5C(C)C)C[C@H]3N(C)C2)CC1.O=C(O)/C=C/C(=O)O. The minimum atomic E-state index is -1.26. The molecule has 0 bridgehead atoms. The van der Waals surface area contributed by atoms with E-state index in [0.29, 0.717) is 30.3 Å². The fourth-order valence-corrected chi connectivity index (χ4v) is 5.94.